The first-order chi connectivity index (χ1) is 19.1. The Bertz CT molecular complexity index is 1490. The Hall–Kier alpha value is -3.67. The second kappa shape index (κ2) is 13.1. The highest BCUT2D eigenvalue weighted by Crippen LogP contribution is 2.32. The van der Waals surface area contributed by atoms with Crippen LogP contribution >= 0.6 is 11.6 Å². The molecule has 2 aromatic heterocycles. The van der Waals surface area contributed by atoms with Crippen LogP contribution in [-0.2, 0) is 11.3 Å². The quantitative estimate of drug-likeness (QED) is 0.139. The molecule has 2 aromatic carbocycles. The number of ether oxygens (including phenoxy) is 3. The van der Waals surface area contributed by atoms with E-state index in [1.807, 2.05) is 6.92 Å². The minimum absolute atomic E-state index is 0.102. The van der Waals surface area contributed by atoms with Gasteiger partial charge < -0.3 is 24.6 Å². The summed E-state index contributed by atoms with van der Waals surface area (Å²) in [5.41, 5.74) is 1.38. The van der Waals surface area contributed by atoms with Crippen LogP contribution in [-0.4, -0.2) is 53.3 Å². The maximum atomic E-state index is 12.4. The zero-order valence-electron chi connectivity index (χ0n) is 21.5. The normalized spacial score (nSPS) is 12.5. The van der Waals surface area contributed by atoms with E-state index in [2.05, 4.69) is 20.0 Å². The molecule has 212 valence electrons. The van der Waals surface area contributed by atoms with Gasteiger partial charge in [0.25, 0.3) is 0 Å². The fourth-order valence-corrected chi connectivity index (χ4v) is 4.30. The van der Waals surface area contributed by atoms with Crippen LogP contribution < -0.4 is 14.8 Å². The fourth-order valence-electron chi connectivity index (χ4n) is 4.06. The standard InChI is InChI=1S/C28H27ClF3N3O5/c1-17(16-38-11-3-2-9-33-14-18-4-7-25(23(29)12-18)40-28(30,31)32)39-26-21-8-10-34-15-22(21)20-6-5-19(27(36)37)13-24(20)35-26/h4-8,10,12-13,15,17,33H,2-3,9,11,14,16H2,1H3,(H,36,37). The van der Waals surface area contributed by atoms with E-state index in [-0.39, 0.29) is 16.7 Å². The Balaban J connectivity index is 1.20. The number of rotatable bonds is 13. The number of nitrogens with zero attached hydrogens (tertiary/aromatic N) is 2. The van der Waals surface area contributed by atoms with E-state index in [0.29, 0.717) is 37.7 Å². The topological polar surface area (TPSA) is 103 Å². The van der Waals surface area contributed by atoms with Gasteiger partial charge in [0.2, 0.25) is 5.88 Å². The lowest BCUT2D eigenvalue weighted by Gasteiger charge is -2.17. The zero-order chi connectivity index (χ0) is 28.7. The third-order valence-corrected chi connectivity index (χ3v) is 6.21. The number of benzene rings is 2. The number of carboxylic acids is 1. The molecule has 2 N–H and O–H groups in total. The first-order valence-electron chi connectivity index (χ1n) is 12.5. The molecule has 0 saturated heterocycles. The van der Waals surface area contributed by atoms with Crippen molar-refractivity contribution >= 4 is 39.2 Å². The van der Waals surface area contributed by atoms with Gasteiger partial charge in [-0.05, 0) is 62.2 Å². The van der Waals surface area contributed by atoms with Gasteiger partial charge >= 0.3 is 12.3 Å². The van der Waals surface area contributed by atoms with Crippen LogP contribution in [0.5, 0.6) is 11.6 Å². The van der Waals surface area contributed by atoms with E-state index in [4.69, 9.17) is 21.1 Å². The van der Waals surface area contributed by atoms with Gasteiger partial charge in [0.05, 0.1) is 22.7 Å². The Labute approximate surface area is 233 Å². The number of hydrogen-bond donors (Lipinski definition) is 2. The molecule has 0 aliphatic rings. The SMILES string of the molecule is CC(COCCCCNCc1ccc(OC(F)(F)F)c(Cl)c1)Oc1nc2cc(C(=O)O)ccc2c2cnccc12. The predicted octanol–water partition coefficient (Wildman–Crippen LogP) is 6.39. The van der Waals surface area contributed by atoms with Crippen LogP contribution in [0.2, 0.25) is 5.02 Å². The first kappa shape index (κ1) is 29.3. The average Bonchev–Trinajstić information content (AvgIpc) is 2.90. The van der Waals surface area contributed by atoms with E-state index in [0.717, 1.165) is 34.6 Å². The van der Waals surface area contributed by atoms with Gasteiger partial charge in [0, 0.05) is 41.7 Å². The van der Waals surface area contributed by atoms with E-state index >= 15 is 0 Å². The van der Waals surface area contributed by atoms with Crippen molar-refractivity contribution in [3.05, 3.63) is 71.0 Å². The highest BCUT2D eigenvalue weighted by molar-refractivity contribution is 6.32. The fraction of sp³-hybridized carbons (Fsp3) is 0.321. The van der Waals surface area contributed by atoms with Crippen molar-refractivity contribution in [1.82, 2.24) is 15.3 Å². The largest absolute Gasteiger partial charge is 0.573 e. The van der Waals surface area contributed by atoms with Crippen LogP contribution in [0.15, 0.2) is 54.9 Å². The van der Waals surface area contributed by atoms with Crippen LogP contribution in [0.25, 0.3) is 21.7 Å². The molecular weight excluding hydrogens is 551 g/mol. The molecule has 1 unspecified atom stereocenters. The number of aromatic carboxylic acids is 1. The van der Waals surface area contributed by atoms with Crippen LogP contribution in [0, 0.1) is 0 Å². The summed E-state index contributed by atoms with van der Waals surface area (Å²) >= 11 is 5.87. The summed E-state index contributed by atoms with van der Waals surface area (Å²) in [6, 6.07) is 10.7. The van der Waals surface area contributed by atoms with Crippen molar-refractivity contribution in [2.45, 2.75) is 38.8 Å². The Kier molecular flexibility index (Phi) is 9.62. The molecular formula is C28H27ClF3N3O5. The summed E-state index contributed by atoms with van der Waals surface area (Å²) in [4.78, 5) is 20.2. The summed E-state index contributed by atoms with van der Waals surface area (Å²) < 4.78 is 52.7. The van der Waals surface area contributed by atoms with Gasteiger partial charge in [0.15, 0.2) is 0 Å². The second-order valence-corrected chi connectivity index (χ2v) is 9.48. The second-order valence-electron chi connectivity index (χ2n) is 9.08. The molecule has 8 nitrogen and oxygen atoms in total. The van der Waals surface area contributed by atoms with Crippen molar-refractivity contribution in [3.63, 3.8) is 0 Å². The Morgan fingerprint density at radius 3 is 2.67 bits per heavy atom. The van der Waals surface area contributed by atoms with Gasteiger partial charge in [-0.25, -0.2) is 9.78 Å². The van der Waals surface area contributed by atoms with Crippen molar-refractivity contribution < 1.29 is 37.3 Å². The minimum Gasteiger partial charge on any atom is -0.478 e. The molecule has 0 fully saturated rings. The van der Waals surface area contributed by atoms with Crippen molar-refractivity contribution in [2.75, 3.05) is 19.8 Å². The number of pyridine rings is 2. The maximum absolute atomic E-state index is 12.4. The average molecular weight is 578 g/mol. The third-order valence-electron chi connectivity index (χ3n) is 5.92. The van der Waals surface area contributed by atoms with E-state index in [1.54, 1.807) is 24.5 Å². The summed E-state index contributed by atoms with van der Waals surface area (Å²) in [5, 5.41) is 14.8. The highest BCUT2D eigenvalue weighted by atomic mass is 35.5. The molecule has 0 aliphatic heterocycles. The lowest BCUT2D eigenvalue weighted by Crippen LogP contribution is -2.21. The Morgan fingerprint density at radius 2 is 1.93 bits per heavy atom. The number of hydrogen-bond acceptors (Lipinski definition) is 7. The van der Waals surface area contributed by atoms with Crippen LogP contribution in [0.3, 0.4) is 0 Å². The number of halogens is 4. The molecule has 1 atom stereocenters. The van der Waals surface area contributed by atoms with Gasteiger partial charge in [0.1, 0.15) is 11.9 Å². The summed E-state index contributed by atoms with van der Waals surface area (Å²) in [7, 11) is 0. The van der Waals surface area contributed by atoms with E-state index in [9.17, 15) is 23.1 Å². The lowest BCUT2D eigenvalue weighted by molar-refractivity contribution is -0.274. The minimum atomic E-state index is -4.79. The maximum Gasteiger partial charge on any atom is 0.573 e. The monoisotopic (exact) mass is 577 g/mol. The number of aromatic nitrogens is 2. The van der Waals surface area contributed by atoms with Gasteiger partial charge in [-0.15, -0.1) is 13.2 Å². The van der Waals surface area contributed by atoms with Gasteiger partial charge in [-0.1, -0.05) is 23.7 Å². The molecule has 0 aliphatic carbocycles. The molecule has 4 aromatic rings. The van der Waals surface area contributed by atoms with Crippen molar-refractivity contribution in [2.24, 2.45) is 0 Å². The number of alkyl halides is 3. The number of fused-ring (bicyclic) bond motifs is 3. The molecule has 0 amide bonds. The van der Waals surface area contributed by atoms with Crippen molar-refractivity contribution in [1.29, 1.82) is 0 Å². The smallest absolute Gasteiger partial charge is 0.478 e. The van der Waals surface area contributed by atoms with Gasteiger partial charge in [-0.3, -0.25) is 4.98 Å². The lowest BCUT2D eigenvalue weighted by atomic mass is 10.1. The molecule has 0 radical (unpaired) electrons. The number of carbonyl (C=O) groups is 1. The molecule has 0 saturated carbocycles. The number of unbranched alkanes of at least 4 members (excludes halogenated alkanes) is 1. The van der Waals surface area contributed by atoms with Crippen LogP contribution in [0.1, 0.15) is 35.7 Å². The zero-order valence-corrected chi connectivity index (χ0v) is 22.3. The van der Waals surface area contributed by atoms with E-state index in [1.165, 1.54) is 30.3 Å². The predicted molar refractivity (Wildman–Crippen MR) is 144 cm³/mol. The summed E-state index contributed by atoms with van der Waals surface area (Å²) in [6.07, 6.45) is -0.129. The molecule has 2 heterocycles. The summed E-state index contributed by atoms with van der Waals surface area (Å²) in [6.45, 7) is 3.85. The highest BCUT2D eigenvalue weighted by Gasteiger charge is 2.32. The first-order valence-corrected chi connectivity index (χ1v) is 12.9. The van der Waals surface area contributed by atoms with Crippen molar-refractivity contribution in [3.8, 4) is 11.6 Å². The van der Waals surface area contributed by atoms with Gasteiger partial charge in [-0.2, -0.15) is 0 Å². The summed E-state index contributed by atoms with van der Waals surface area (Å²) in [5.74, 6) is -1.08. The number of carboxylic acid groups (broad SMARTS) is 1. The number of nitrogens with one attached hydrogen (secondary N) is 1. The third kappa shape index (κ3) is 7.93. The molecule has 12 heteroatoms. The molecule has 0 spiro atoms. The molecule has 4 rings (SSSR count). The Morgan fingerprint density at radius 1 is 1.10 bits per heavy atom. The molecule has 40 heavy (non-hydrogen) atoms. The van der Waals surface area contributed by atoms with Crippen LogP contribution in [0.4, 0.5) is 13.2 Å². The van der Waals surface area contributed by atoms with E-state index < -0.39 is 18.1 Å². The molecule has 0 bridgehead atoms.